The van der Waals surface area contributed by atoms with Gasteiger partial charge in [0, 0.05) is 20.0 Å². The first-order valence-electron chi connectivity index (χ1n) is 40.1. The van der Waals surface area contributed by atoms with E-state index < -0.39 is 11.9 Å². The van der Waals surface area contributed by atoms with Gasteiger partial charge >= 0.3 is 40.8 Å². The summed E-state index contributed by atoms with van der Waals surface area (Å²) in [4.78, 5) is 55.1. The maximum Gasteiger partial charge on any atom is 0.435 e. The topological polar surface area (TPSA) is 196 Å². The van der Waals surface area contributed by atoms with Crippen LogP contribution in [-0.2, 0) is 56.0 Å². The number of para-hydroxylation sites is 4. The number of hydrogen-bond acceptors (Lipinski definition) is 14. The summed E-state index contributed by atoms with van der Waals surface area (Å²) < 4.78 is 47.7. The van der Waals surface area contributed by atoms with Gasteiger partial charge in [0.1, 0.15) is 25.5 Å². The number of hydrogen-bond donors (Lipinski definition) is 0. The van der Waals surface area contributed by atoms with Crippen molar-refractivity contribution in [2.45, 2.75) is 159 Å². The molecule has 18 aromatic rings. The number of benzene rings is 10. The van der Waals surface area contributed by atoms with Crippen LogP contribution in [0, 0.1) is 48.5 Å². The van der Waals surface area contributed by atoms with Gasteiger partial charge in [0.15, 0.2) is 16.7 Å². The molecule has 0 aliphatic rings. The SMILES string of the molecule is Cc1c(-c2nc3nc4ccccc4nc3c(C)[n+]2C)cc(C(C)(C)C)c2ccccc12.Cc1c(-c2nc3nc4ccccc4nc3n[n+]2C)cc(C(C)(C)C)c2ccccc12.Cc1c(-c2nc3nccnc3n[n+]2C)cc(C(C)(C)C)c2ccccc12.Cc1nc2nc(-c3cc(C(C)(C)C)c4ccccc4c3C)[n+](C)c(C)c2nc1C(F)(F)F. The van der Waals surface area contributed by atoms with E-state index in [1.54, 1.807) is 35.6 Å². The third-order valence-corrected chi connectivity index (χ3v) is 22.8. The van der Waals surface area contributed by atoms with Gasteiger partial charge in [0.2, 0.25) is 0 Å². The molecule has 119 heavy (non-hydrogen) atoms. The molecule has 0 saturated heterocycles. The molecule has 0 saturated carbocycles. The number of halogens is 3. The largest absolute Gasteiger partial charge is 0.435 e. The number of aromatic nitrogens is 18. The minimum atomic E-state index is -4.56. The highest BCUT2D eigenvalue weighted by atomic mass is 19.4. The van der Waals surface area contributed by atoms with Gasteiger partial charge in [-0.25, -0.2) is 49.0 Å². The molecule has 0 amide bonds. The summed E-state index contributed by atoms with van der Waals surface area (Å²) >= 11 is 0. The molecular formula is C98H99F3N18+4. The van der Waals surface area contributed by atoms with Gasteiger partial charge in [-0.1, -0.05) is 215 Å². The standard InChI is InChI=1S/C27H27N4.C25H26F3N4.C25H24N5.C21H22N5/c1-16-18-11-7-8-12-19(18)21(27(3,4)5)15-20(16)26-30-25-24(17(2)31(26)6)28-22-13-9-10-14-23(22)29-25;1-13-16-10-8-9-11-17(16)19(24(4,5)6)12-18(13)23-31-22-20(15(3)32(23)7)30-21(14(2)29-22)25(26,27)28;1-15-16-10-6-7-11-17(16)19(25(2,3)4)14-18(15)24-28-22-23(29-30(24)5)27-21-13-9-8-12-20(21)26-22;1-13-14-8-6-7-9-15(14)17(21(2,3)4)12-16(13)20-24-18-19(25-26(20)5)23-11-10-22-18/h7-15H,1-6H3;8-12H,1-7H3;6-14H,1-5H3;6-12H,1-5H3/q4*+1. The Balaban J connectivity index is 0.000000124. The quantitative estimate of drug-likeness (QED) is 0.119. The van der Waals surface area contributed by atoms with Gasteiger partial charge in [-0.3, -0.25) is 0 Å². The summed E-state index contributed by atoms with van der Waals surface area (Å²) in [5.74, 6) is 3.16. The molecule has 0 N–H and O–H groups in total. The Labute approximate surface area is 690 Å². The molecule has 18 rings (SSSR count). The molecule has 21 heteroatoms. The average molecular weight is 1590 g/mol. The fraction of sp³-hybridized carbons (Fsp3) is 0.286. The predicted molar refractivity (Wildman–Crippen MR) is 469 cm³/mol. The number of alkyl halides is 3. The Hall–Kier alpha value is -12.9. The molecule has 0 fully saturated rings. The van der Waals surface area contributed by atoms with Gasteiger partial charge in [0.05, 0.1) is 70.3 Å². The lowest BCUT2D eigenvalue weighted by atomic mass is 9.81. The maximum absolute atomic E-state index is 13.4. The molecule has 0 aliphatic carbocycles. The van der Waals surface area contributed by atoms with Crippen LogP contribution in [-0.4, -0.2) is 70.0 Å². The molecule has 0 aliphatic heterocycles. The number of aryl methyl sites for hydroxylation is 9. The van der Waals surface area contributed by atoms with E-state index in [1.807, 2.05) is 79.4 Å². The maximum atomic E-state index is 13.4. The minimum Gasteiger partial charge on any atom is -0.236 e. The molecule has 598 valence electrons. The Kier molecular flexibility index (Phi) is 20.8. The first kappa shape index (κ1) is 81.2. The van der Waals surface area contributed by atoms with Crippen molar-refractivity contribution in [1.82, 2.24) is 70.0 Å². The third-order valence-electron chi connectivity index (χ3n) is 22.8. The van der Waals surface area contributed by atoms with E-state index >= 15 is 0 Å². The Morgan fingerprint density at radius 3 is 0.916 bits per heavy atom. The summed E-state index contributed by atoms with van der Waals surface area (Å²) in [6.07, 6.45) is -1.28. The molecule has 10 aromatic carbocycles. The molecule has 0 atom stereocenters. The predicted octanol–water partition coefficient (Wildman–Crippen LogP) is 20.1. The molecule has 0 unspecified atom stereocenters. The molecule has 0 bridgehead atoms. The summed E-state index contributed by atoms with van der Waals surface area (Å²) in [7, 11) is 7.70. The Morgan fingerprint density at radius 2 is 0.555 bits per heavy atom. The van der Waals surface area contributed by atoms with Crippen LogP contribution in [0.1, 0.15) is 150 Å². The number of rotatable bonds is 4. The van der Waals surface area contributed by atoms with E-state index in [0.717, 1.165) is 84.0 Å². The lowest BCUT2D eigenvalue weighted by molar-refractivity contribution is -0.720. The van der Waals surface area contributed by atoms with Gasteiger partial charge in [-0.05, 0) is 212 Å². The third kappa shape index (κ3) is 15.3. The molecule has 0 spiro atoms. The van der Waals surface area contributed by atoms with Crippen LogP contribution in [0.5, 0.6) is 0 Å². The highest BCUT2D eigenvalue weighted by Crippen LogP contribution is 2.43. The highest BCUT2D eigenvalue weighted by Gasteiger charge is 2.38. The monoisotopic (exact) mass is 1580 g/mol. The zero-order chi connectivity index (χ0) is 85.0. The van der Waals surface area contributed by atoms with E-state index in [1.165, 1.54) is 83.6 Å². The summed E-state index contributed by atoms with van der Waals surface area (Å²) in [5.41, 5.74) is 22.0. The minimum absolute atomic E-state index is 0.000902. The van der Waals surface area contributed by atoms with Gasteiger partial charge in [-0.2, -0.15) is 13.2 Å². The van der Waals surface area contributed by atoms with Crippen LogP contribution in [0.25, 0.3) is 156 Å². The summed E-state index contributed by atoms with van der Waals surface area (Å²) in [6, 6.07) is 58.9. The van der Waals surface area contributed by atoms with Crippen LogP contribution in [0.2, 0.25) is 0 Å². The summed E-state index contributed by atoms with van der Waals surface area (Å²) in [6.45, 7) is 40.5. The van der Waals surface area contributed by atoms with Crippen molar-refractivity contribution in [3.05, 3.63) is 250 Å². The second-order valence-electron chi connectivity index (χ2n) is 35.1. The van der Waals surface area contributed by atoms with Crippen LogP contribution in [0.3, 0.4) is 0 Å². The van der Waals surface area contributed by atoms with Gasteiger partial charge in [-0.15, -0.1) is 9.36 Å². The average Bonchev–Trinajstić information content (AvgIpc) is 0.742. The number of nitrogens with zero attached hydrogens (tertiary/aromatic N) is 18. The van der Waals surface area contributed by atoms with E-state index in [4.69, 9.17) is 40.0 Å². The summed E-state index contributed by atoms with van der Waals surface area (Å²) in [5, 5.41) is 19.2. The molecular weight excluding hydrogens is 1490 g/mol. The van der Waals surface area contributed by atoms with Gasteiger partial charge < -0.3 is 0 Å². The molecule has 18 nitrogen and oxygen atoms in total. The first-order valence-corrected chi connectivity index (χ1v) is 40.1. The lowest BCUT2D eigenvalue weighted by Gasteiger charge is -2.23. The van der Waals surface area contributed by atoms with E-state index in [9.17, 15) is 13.2 Å². The van der Waals surface area contributed by atoms with Crippen LogP contribution >= 0.6 is 0 Å². The Morgan fingerprint density at radius 1 is 0.277 bits per heavy atom. The zero-order valence-corrected chi connectivity index (χ0v) is 72.0. The molecule has 8 aromatic heterocycles. The second-order valence-corrected chi connectivity index (χ2v) is 35.1. The van der Waals surface area contributed by atoms with Crippen LogP contribution < -0.4 is 18.5 Å². The van der Waals surface area contributed by atoms with Crippen molar-refractivity contribution in [1.29, 1.82) is 0 Å². The lowest BCUT2D eigenvalue weighted by Crippen LogP contribution is -2.37. The Bertz CT molecular complexity index is 7180. The second kappa shape index (κ2) is 30.5. The smallest absolute Gasteiger partial charge is 0.236 e. The fourth-order valence-electron chi connectivity index (χ4n) is 16.2. The van der Waals surface area contributed by atoms with E-state index in [0.29, 0.717) is 39.8 Å². The highest BCUT2D eigenvalue weighted by molar-refractivity contribution is 5.98. The van der Waals surface area contributed by atoms with E-state index in [-0.39, 0.29) is 38.5 Å². The van der Waals surface area contributed by atoms with Crippen molar-refractivity contribution < 1.29 is 31.7 Å². The van der Waals surface area contributed by atoms with Gasteiger partial charge in [0.25, 0.3) is 22.6 Å². The van der Waals surface area contributed by atoms with Crippen molar-refractivity contribution in [2.24, 2.45) is 28.2 Å². The van der Waals surface area contributed by atoms with Crippen LogP contribution in [0.15, 0.2) is 182 Å². The van der Waals surface area contributed by atoms with Crippen LogP contribution in [0.4, 0.5) is 13.2 Å². The van der Waals surface area contributed by atoms with Crippen molar-refractivity contribution >= 4 is 110 Å². The number of fused-ring (bicyclic) bond motifs is 10. The van der Waals surface area contributed by atoms with Crippen molar-refractivity contribution in [3.8, 4) is 45.6 Å². The normalized spacial score (nSPS) is 12.3. The van der Waals surface area contributed by atoms with E-state index in [2.05, 4.69) is 269 Å². The zero-order valence-electron chi connectivity index (χ0n) is 72.0. The van der Waals surface area contributed by atoms with Crippen molar-refractivity contribution in [3.63, 3.8) is 0 Å². The first-order chi connectivity index (χ1) is 56.2. The fourth-order valence-corrected chi connectivity index (χ4v) is 16.2. The van der Waals surface area contributed by atoms with Crippen molar-refractivity contribution in [2.75, 3.05) is 0 Å². The molecule has 8 heterocycles. The molecule has 0 radical (unpaired) electrons.